The number of nitrogens with two attached hydrogens (primary N) is 1. The van der Waals surface area contributed by atoms with Gasteiger partial charge in [-0.25, -0.2) is 0 Å². The second-order valence-electron chi connectivity index (χ2n) is 2.67. The first-order valence-electron chi connectivity index (χ1n) is 3.91. The van der Waals surface area contributed by atoms with Gasteiger partial charge in [0.15, 0.2) is 0 Å². The molecule has 0 aromatic heterocycles. The van der Waals surface area contributed by atoms with Crippen molar-refractivity contribution >= 4 is 11.6 Å². The molecule has 1 aromatic rings. The first-order valence-corrected chi connectivity index (χ1v) is 4.29. The lowest BCUT2D eigenvalue weighted by atomic mass is 10.1. The van der Waals surface area contributed by atoms with Gasteiger partial charge in [-0.1, -0.05) is 11.6 Å². The average molecular weight is 186 g/mol. The minimum absolute atomic E-state index is 0.299. The molecule has 3 N–H and O–H groups in total. The normalized spacial score (nSPS) is 10.2. The van der Waals surface area contributed by atoms with E-state index in [4.69, 9.17) is 17.3 Å². The van der Waals surface area contributed by atoms with Gasteiger partial charge in [0.2, 0.25) is 0 Å². The summed E-state index contributed by atoms with van der Waals surface area (Å²) < 4.78 is 0. The number of phenolic OH excluding ortho intramolecular Hbond substituents is 1. The SMILES string of the molecule is NCCCc1cc(Cl)ccc1O. The van der Waals surface area contributed by atoms with Crippen LogP contribution in [0, 0.1) is 0 Å². The summed E-state index contributed by atoms with van der Waals surface area (Å²) in [5.41, 5.74) is 6.22. The molecule has 0 aliphatic rings. The van der Waals surface area contributed by atoms with Crippen LogP contribution in [0.2, 0.25) is 5.02 Å². The Morgan fingerprint density at radius 1 is 1.42 bits per heavy atom. The van der Waals surface area contributed by atoms with E-state index in [-0.39, 0.29) is 0 Å². The van der Waals surface area contributed by atoms with Crippen LogP contribution in [-0.4, -0.2) is 11.7 Å². The van der Waals surface area contributed by atoms with E-state index in [1.807, 2.05) is 0 Å². The standard InChI is InChI=1S/C9H12ClNO/c10-8-3-4-9(12)7(6-8)2-1-5-11/h3-4,6,12H,1-2,5,11H2. The van der Waals surface area contributed by atoms with Crippen LogP contribution in [-0.2, 0) is 6.42 Å². The predicted octanol–water partition coefficient (Wildman–Crippen LogP) is 1.94. The second kappa shape index (κ2) is 4.33. The topological polar surface area (TPSA) is 46.2 Å². The quantitative estimate of drug-likeness (QED) is 0.756. The van der Waals surface area contributed by atoms with Crippen molar-refractivity contribution in [1.29, 1.82) is 0 Å². The smallest absolute Gasteiger partial charge is 0.118 e. The zero-order chi connectivity index (χ0) is 8.97. The van der Waals surface area contributed by atoms with Crippen molar-refractivity contribution in [2.24, 2.45) is 5.73 Å². The molecule has 1 rings (SSSR count). The Balaban J connectivity index is 2.75. The molecule has 0 radical (unpaired) electrons. The molecule has 0 atom stereocenters. The third-order valence-corrected chi connectivity index (χ3v) is 1.93. The van der Waals surface area contributed by atoms with E-state index in [9.17, 15) is 5.11 Å². The highest BCUT2D eigenvalue weighted by atomic mass is 35.5. The molecule has 0 heterocycles. The maximum atomic E-state index is 9.36. The van der Waals surface area contributed by atoms with Crippen LogP contribution in [0.1, 0.15) is 12.0 Å². The van der Waals surface area contributed by atoms with Crippen LogP contribution in [0.25, 0.3) is 0 Å². The van der Waals surface area contributed by atoms with Crippen molar-refractivity contribution in [3.8, 4) is 5.75 Å². The Morgan fingerprint density at radius 3 is 2.83 bits per heavy atom. The molecule has 0 saturated carbocycles. The molecule has 0 spiro atoms. The molecule has 66 valence electrons. The van der Waals surface area contributed by atoms with Crippen molar-refractivity contribution in [3.05, 3.63) is 28.8 Å². The molecule has 0 amide bonds. The fourth-order valence-electron chi connectivity index (χ4n) is 1.05. The summed E-state index contributed by atoms with van der Waals surface area (Å²) in [4.78, 5) is 0. The van der Waals surface area contributed by atoms with Gasteiger partial charge in [0, 0.05) is 5.02 Å². The fraction of sp³-hybridized carbons (Fsp3) is 0.333. The lowest BCUT2D eigenvalue weighted by molar-refractivity contribution is 0.467. The first-order chi connectivity index (χ1) is 5.74. The number of halogens is 1. The number of hydrogen-bond donors (Lipinski definition) is 2. The highest BCUT2D eigenvalue weighted by Gasteiger charge is 2.00. The minimum Gasteiger partial charge on any atom is -0.508 e. The Bertz CT molecular complexity index is 263. The van der Waals surface area contributed by atoms with E-state index < -0.39 is 0 Å². The molecular formula is C9H12ClNO. The average Bonchev–Trinajstić information content (AvgIpc) is 2.07. The van der Waals surface area contributed by atoms with Crippen LogP contribution in [0.3, 0.4) is 0 Å². The summed E-state index contributed by atoms with van der Waals surface area (Å²) in [5.74, 6) is 0.299. The Morgan fingerprint density at radius 2 is 2.17 bits per heavy atom. The van der Waals surface area contributed by atoms with E-state index in [0.29, 0.717) is 17.3 Å². The van der Waals surface area contributed by atoms with E-state index >= 15 is 0 Å². The van der Waals surface area contributed by atoms with Crippen molar-refractivity contribution in [2.75, 3.05) is 6.54 Å². The number of rotatable bonds is 3. The second-order valence-corrected chi connectivity index (χ2v) is 3.10. The molecule has 0 aliphatic carbocycles. The Kier molecular flexibility index (Phi) is 3.38. The van der Waals surface area contributed by atoms with E-state index in [0.717, 1.165) is 18.4 Å². The molecule has 0 fully saturated rings. The van der Waals surface area contributed by atoms with E-state index in [1.165, 1.54) is 0 Å². The van der Waals surface area contributed by atoms with Crippen LogP contribution >= 0.6 is 11.6 Å². The van der Waals surface area contributed by atoms with Gasteiger partial charge >= 0.3 is 0 Å². The van der Waals surface area contributed by atoms with E-state index in [2.05, 4.69) is 0 Å². The van der Waals surface area contributed by atoms with Crippen molar-refractivity contribution < 1.29 is 5.11 Å². The molecule has 3 heteroatoms. The number of aromatic hydroxyl groups is 1. The van der Waals surface area contributed by atoms with E-state index in [1.54, 1.807) is 18.2 Å². The molecule has 0 unspecified atom stereocenters. The summed E-state index contributed by atoms with van der Waals surface area (Å²) in [7, 11) is 0. The summed E-state index contributed by atoms with van der Waals surface area (Å²) in [6.45, 7) is 0.631. The largest absolute Gasteiger partial charge is 0.508 e. The van der Waals surface area contributed by atoms with Gasteiger partial charge in [0.1, 0.15) is 5.75 Å². The molecule has 0 aliphatic heterocycles. The predicted molar refractivity (Wildman–Crippen MR) is 50.5 cm³/mol. The minimum atomic E-state index is 0.299. The third kappa shape index (κ3) is 2.40. The first kappa shape index (κ1) is 9.36. The van der Waals surface area contributed by atoms with Crippen LogP contribution < -0.4 is 5.73 Å². The van der Waals surface area contributed by atoms with Crippen LogP contribution in [0.15, 0.2) is 18.2 Å². The lowest BCUT2D eigenvalue weighted by Gasteiger charge is -2.03. The Labute approximate surface area is 77.0 Å². The zero-order valence-electron chi connectivity index (χ0n) is 6.76. The van der Waals surface area contributed by atoms with Crippen molar-refractivity contribution in [3.63, 3.8) is 0 Å². The third-order valence-electron chi connectivity index (χ3n) is 1.69. The van der Waals surface area contributed by atoms with Gasteiger partial charge in [-0.15, -0.1) is 0 Å². The molecule has 0 bridgehead atoms. The van der Waals surface area contributed by atoms with Crippen LogP contribution in [0.5, 0.6) is 5.75 Å². The van der Waals surface area contributed by atoms with Gasteiger partial charge in [0.25, 0.3) is 0 Å². The Hall–Kier alpha value is -0.730. The van der Waals surface area contributed by atoms with Crippen LogP contribution in [0.4, 0.5) is 0 Å². The molecule has 12 heavy (non-hydrogen) atoms. The highest BCUT2D eigenvalue weighted by molar-refractivity contribution is 6.30. The lowest BCUT2D eigenvalue weighted by Crippen LogP contribution is -2.00. The summed E-state index contributed by atoms with van der Waals surface area (Å²) in [6.07, 6.45) is 1.65. The summed E-state index contributed by atoms with van der Waals surface area (Å²) in [5, 5.41) is 10.0. The fourth-order valence-corrected chi connectivity index (χ4v) is 1.24. The maximum Gasteiger partial charge on any atom is 0.118 e. The molecule has 2 nitrogen and oxygen atoms in total. The zero-order valence-corrected chi connectivity index (χ0v) is 7.51. The van der Waals surface area contributed by atoms with Crippen molar-refractivity contribution in [1.82, 2.24) is 0 Å². The highest BCUT2D eigenvalue weighted by Crippen LogP contribution is 2.22. The van der Waals surface area contributed by atoms with Crippen molar-refractivity contribution in [2.45, 2.75) is 12.8 Å². The summed E-state index contributed by atoms with van der Waals surface area (Å²) in [6, 6.07) is 5.05. The van der Waals surface area contributed by atoms with Gasteiger partial charge in [0.05, 0.1) is 0 Å². The number of benzene rings is 1. The van der Waals surface area contributed by atoms with Gasteiger partial charge in [-0.3, -0.25) is 0 Å². The van der Waals surface area contributed by atoms with Gasteiger partial charge in [-0.2, -0.15) is 0 Å². The number of hydrogen-bond acceptors (Lipinski definition) is 2. The van der Waals surface area contributed by atoms with Gasteiger partial charge in [-0.05, 0) is 43.1 Å². The summed E-state index contributed by atoms with van der Waals surface area (Å²) >= 11 is 5.75. The maximum absolute atomic E-state index is 9.36. The monoisotopic (exact) mass is 185 g/mol. The molecule has 1 aromatic carbocycles. The molecule has 0 saturated heterocycles. The molecular weight excluding hydrogens is 174 g/mol. The van der Waals surface area contributed by atoms with Gasteiger partial charge < -0.3 is 10.8 Å². The number of phenols is 1. The number of aryl methyl sites for hydroxylation is 1.